The number of nitrogen functional groups attached to an aromatic ring is 1. The molecule has 0 aliphatic carbocycles. The SMILES string of the molecule is Cc1cc(Br)c(N)cc1S(=O)(=O)NCc1ccccc1. The third-order valence-electron chi connectivity index (χ3n) is 2.89. The van der Waals surface area contributed by atoms with Gasteiger partial charge in [0.2, 0.25) is 10.0 Å². The summed E-state index contributed by atoms with van der Waals surface area (Å²) >= 11 is 3.28. The molecule has 0 atom stereocenters. The fraction of sp³-hybridized carbons (Fsp3) is 0.143. The summed E-state index contributed by atoms with van der Waals surface area (Å²) in [6.07, 6.45) is 0. The number of aryl methyl sites for hydroxylation is 1. The van der Waals surface area contributed by atoms with Crippen molar-refractivity contribution in [1.29, 1.82) is 0 Å². The van der Waals surface area contributed by atoms with Gasteiger partial charge < -0.3 is 5.73 Å². The molecule has 0 amide bonds. The highest BCUT2D eigenvalue weighted by atomic mass is 79.9. The summed E-state index contributed by atoms with van der Waals surface area (Å²) in [6.45, 7) is 1.99. The van der Waals surface area contributed by atoms with Crippen LogP contribution in [0.5, 0.6) is 0 Å². The van der Waals surface area contributed by atoms with Crippen LogP contribution in [0, 0.1) is 6.92 Å². The molecule has 0 aliphatic heterocycles. The number of halogens is 1. The van der Waals surface area contributed by atoms with E-state index in [1.165, 1.54) is 6.07 Å². The number of nitrogens with two attached hydrogens (primary N) is 1. The second kappa shape index (κ2) is 5.95. The van der Waals surface area contributed by atoms with E-state index >= 15 is 0 Å². The minimum Gasteiger partial charge on any atom is -0.398 e. The second-order valence-electron chi connectivity index (χ2n) is 4.45. The molecule has 2 rings (SSSR count). The quantitative estimate of drug-likeness (QED) is 0.829. The van der Waals surface area contributed by atoms with Crippen molar-refractivity contribution in [2.45, 2.75) is 18.4 Å². The fourth-order valence-corrected chi connectivity index (χ4v) is 3.54. The van der Waals surface area contributed by atoms with Crippen molar-refractivity contribution in [1.82, 2.24) is 4.72 Å². The van der Waals surface area contributed by atoms with Gasteiger partial charge in [0.15, 0.2) is 0 Å². The van der Waals surface area contributed by atoms with Crippen LogP contribution in [-0.2, 0) is 16.6 Å². The van der Waals surface area contributed by atoms with Gasteiger partial charge in [0.1, 0.15) is 0 Å². The second-order valence-corrected chi connectivity index (χ2v) is 7.04. The number of sulfonamides is 1. The first-order valence-electron chi connectivity index (χ1n) is 5.99. The molecule has 20 heavy (non-hydrogen) atoms. The average molecular weight is 355 g/mol. The first kappa shape index (κ1) is 15.0. The number of benzene rings is 2. The van der Waals surface area contributed by atoms with Crippen molar-refractivity contribution in [3.05, 3.63) is 58.1 Å². The molecule has 6 heteroatoms. The van der Waals surface area contributed by atoms with Crippen LogP contribution >= 0.6 is 15.9 Å². The van der Waals surface area contributed by atoms with Gasteiger partial charge in [-0.25, -0.2) is 13.1 Å². The highest BCUT2D eigenvalue weighted by Crippen LogP contribution is 2.26. The molecule has 2 aromatic carbocycles. The Morgan fingerprint density at radius 1 is 1.20 bits per heavy atom. The van der Waals surface area contributed by atoms with Crippen molar-refractivity contribution < 1.29 is 8.42 Å². The number of hydrogen-bond donors (Lipinski definition) is 2. The van der Waals surface area contributed by atoms with Gasteiger partial charge in [-0.3, -0.25) is 0 Å². The first-order valence-corrected chi connectivity index (χ1v) is 8.27. The van der Waals surface area contributed by atoms with E-state index in [1.807, 2.05) is 30.3 Å². The minimum atomic E-state index is -3.58. The minimum absolute atomic E-state index is 0.203. The van der Waals surface area contributed by atoms with Gasteiger partial charge in [-0.05, 0) is 46.1 Å². The van der Waals surface area contributed by atoms with Crippen LogP contribution in [0.15, 0.2) is 51.8 Å². The van der Waals surface area contributed by atoms with E-state index in [0.717, 1.165) is 5.56 Å². The standard InChI is InChI=1S/C14H15BrN2O2S/c1-10-7-12(15)13(16)8-14(10)20(18,19)17-9-11-5-3-2-4-6-11/h2-8,17H,9,16H2,1H3. The maximum absolute atomic E-state index is 12.3. The Labute approximate surface area is 127 Å². The fourth-order valence-electron chi connectivity index (χ4n) is 1.81. The lowest BCUT2D eigenvalue weighted by Crippen LogP contribution is -2.24. The molecular formula is C14H15BrN2O2S. The Hall–Kier alpha value is -1.37. The average Bonchev–Trinajstić information content (AvgIpc) is 2.42. The maximum Gasteiger partial charge on any atom is 0.241 e. The molecule has 0 unspecified atom stereocenters. The number of nitrogens with one attached hydrogen (secondary N) is 1. The molecule has 0 saturated heterocycles. The van der Waals surface area contributed by atoms with E-state index in [1.54, 1.807) is 13.0 Å². The molecule has 106 valence electrons. The van der Waals surface area contributed by atoms with Crippen molar-refractivity contribution in [3.63, 3.8) is 0 Å². The van der Waals surface area contributed by atoms with Gasteiger partial charge >= 0.3 is 0 Å². The van der Waals surface area contributed by atoms with Crippen LogP contribution in [0.25, 0.3) is 0 Å². The van der Waals surface area contributed by atoms with E-state index in [9.17, 15) is 8.42 Å². The molecular weight excluding hydrogens is 340 g/mol. The van der Waals surface area contributed by atoms with Gasteiger partial charge in [0, 0.05) is 16.7 Å². The molecule has 0 radical (unpaired) electrons. The normalized spacial score (nSPS) is 11.5. The monoisotopic (exact) mass is 354 g/mol. The molecule has 2 aromatic rings. The Kier molecular flexibility index (Phi) is 4.47. The summed E-state index contributed by atoms with van der Waals surface area (Å²) in [5, 5.41) is 0. The number of hydrogen-bond acceptors (Lipinski definition) is 3. The summed E-state index contributed by atoms with van der Waals surface area (Å²) < 4.78 is 27.9. The zero-order valence-electron chi connectivity index (χ0n) is 10.9. The lowest BCUT2D eigenvalue weighted by molar-refractivity contribution is 0.580. The third kappa shape index (κ3) is 3.39. The summed E-state index contributed by atoms with van der Waals surface area (Å²) in [4.78, 5) is 0.203. The van der Waals surface area contributed by atoms with Gasteiger partial charge in [0.25, 0.3) is 0 Å². The van der Waals surface area contributed by atoms with Crippen LogP contribution in [0.2, 0.25) is 0 Å². The van der Waals surface area contributed by atoms with Crippen LogP contribution < -0.4 is 10.5 Å². The van der Waals surface area contributed by atoms with E-state index in [-0.39, 0.29) is 11.4 Å². The van der Waals surface area contributed by atoms with Crippen LogP contribution in [0.3, 0.4) is 0 Å². The van der Waals surface area contributed by atoms with Gasteiger partial charge in [0.05, 0.1) is 4.90 Å². The van der Waals surface area contributed by atoms with Crippen LogP contribution in [0.1, 0.15) is 11.1 Å². The summed E-state index contributed by atoms with van der Waals surface area (Å²) in [7, 11) is -3.58. The smallest absolute Gasteiger partial charge is 0.241 e. The maximum atomic E-state index is 12.3. The Morgan fingerprint density at radius 3 is 2.50 bits per heavy atom. The summed E-state index contributed by atoms with van der Waals surface area (Å²) in [5.41, 5.74) is 7.70. The molecule has 0 fully saturated rings. The van der Waals surface area contributed by atoms with Gasteiger partial charge in [-0.2, -0.15) is 0 Å². The molecule has 0 spiro atoms. The first-order chi connectivity index (χ1) is 9.40. The summed E-state index contributed by atoms with van der Waals surface area (Å²) in [5.74, 6) is 0. The highest BCUT2D eigenvalue weighted by molar-refractivity contribution is 9.10. The number of rotatable bonds is 4. The zero-order valence-corrected chi connectivity index (χ0v) is 13.3. The third-order valence-corrected chi connectivity index (χ3v) is 5.12. The molecule has 3 N–H and O–H groups in total. The lowest BCUT2D eigenvalue weighted by Gasteiger charge is -2.11. The molecule has 4 nitrogen and oxygen atoms in total. The van der Waals surface area contributed by atoms with Crippen LogP contribution in [-0.4, -0.2) is 8.42 Å². The van der Waals surface area contributed by atoms with Crippen molar-refractivity contribution in [2.75, 3.05) is 5.73 Å². The van der Waals surface area contributed by atoms with E-state index in [2.05, 4.69) is 20.7 Å². The van der Waals surface area contributed by atoms with E-state index in [4.69, 9.17) is 5.73 Å². The molecule has 0 saturated carbocycles. The molecule has 0 aromatic heterocycles. The predicted molar refractivity (Wildman–Crippen MR) is 83.8 cm³/mol. The Balaban J connectivity index is 2.25. The molecule has 0 bridgehead atoms. The largest absolute Gasteiger partial charge is 0.398 e. The van der Waals surface area contributed by atoms with Gasteiger partial charge in [-0.15, -0.1) is 0 Å². The van der Waals surface area contributed by atoms with Crippen LogP contribution in [0.4, 0.5) is 5.69 Å². The van der Waals surface area contributed by atoms with Crippen molar-refractivity contribution in [3.8, 4) is 0 Å². The Bertz CT molecular complexity index is 715. The Morgan fingerprint density at radius 2 is 1.85 bits per heavy atom. The zero-order chi connectivity index (χ0) is 14.8. The predicted octanol–water partition coefficient (Wildman–Crippen LogP) is 2.82. The highest BCUT2D eigenvalue weighted by Gasteiger charge is 2.18. The van der Waals surface area contributed by atoms with E-state index in [0.29, 0.717) is 15.7 Å². The van der Waals surface area contributed by atoms with E-state index < -0.39 is 10.0 Å². The number of anilines is 1. The molecule has 0 aliphatic rings. The van der Waals surface area contributed by atoms with Gasteiger partial charge in [-0.1, -0.05) is 30.3 Å². The topological polar surface area (TPSA) is 72.2 Å². The van der Waals surface area contributed by atoms with Crippen molar-refractivity contribution >= 4 is 31.6 Å². The van der Waals surface area contributed by atoms with Crippen molar-refractivity contribution in [2.24, 2.45) is 0 Å². The molecule has 0 heterocycles. The lowest BCUT2D eigenvalue weighted by atomic mass is 10.2. The summed E-state index contributed by atoms with van der Waals surface area (Å²) in [6, 6.07) is 12.5.